The van der Waals surface area contributed by atoms with Crippen molar-refractivity contribution >= 4 is 16.9 Å². The molecular formula is C18H24N2O2. The van der Waals surface area contributed by atoms with Gasteiger partial charge in [-0.25, -0.2) is 0 Å². The molecule has 22 heavy (non-hydrogen) atoms. The van der Waals surface area contributed by atoms with E-state index >= 15 is 0 Å². The second-order valence-electron chi connectivity index (χ2n) is 6.86. The smallest absolute Gasteiger partial charge is 0.320 e. The highest BCUT2D eigenvalue weighted by molar-refractivity contribution is 5.82. The molecule has 1 atom stereocenters. The zero-order valence-electron chi connectivity index (χ0n) is 13.5. The highest BCUT2D eigenvalue weighted by Crippen LogP contribution is 2.22. The lowest BCUT2D eigenvalue weighted by Crippen LogP contribution is -2.37. The molecule has 0 saturated heterocycles. The molecule has 0 bridgehead atoms. The van der Waals surface area contributed by atoms with Gasteiger partial charge in [0.2, 0.25) is 0 Å². The Balaban J connectivity index is 2.06. The molecule has 0 fully saturated rings. The second kappa shape index (κ2) is 6.88. The van der Waals surface area contributed by atoms with Gasteiger partial charge in [0.05, 0.1) is 5.52 Å². The Kier molecular flexibility index (Phi) is 5.14. The van der Waals surface area contributed by atoms with Crippen LogP contribution in [-0.4, -0.2) is 22.1 Å². The number of benzene rings is 1. The van der Waals surface area contributed by atoms with Crippen molar-refractivity contribution in [1.82, 2.24) is 10.3 Å². The Morgan fingerprint density at radius 2 is 2.05 bits per heavy atom. The van der Waals surface area contributed by atoms with E-state index in [2.05, 4.69) is 31.1 Å². The number of rotatable bonds is 6. The van der Waals surface area contributed by atoms with Gasteiger partial charge in [-0.1, -0.05) is 39.0 Å². The SMILES string of the molecule is CC(C)(C)CC[C@H](NCc1cccc2ncccc12)C(=O)O. The van der Waals surface area contributed by atoms with Crippen molar-refractivity contribution in [1.29, 1.82) is 0 Å². The molecular weight excluding hydrogens is 276 g/mol. The Morgan fingerprint density at radius 3 is 2.73 bits per heavy atom. The minimum atomic E-state index is -0.789. The van der Waals surface area contributed by atoms with E-state index in [0.717, 1.165) is 22.9 Å². The van der Waals surface area contributed by atoms with Gasteiger partial charge in [0.1, 0.15) is 6.04 Å². The molecule has 0 unspecified atom stereocenters. The van der Waals surface area contributed by atoms with Gasteiger partial charge in [-0.05, 0) is 36.0 Å². The summed E-state index contributed by atoms with van der Waals surface area (Å²) in [6.07, 6.45) is 3.26. The predicted molar refractivity (Wildman–Crippen MR) is 88.7 cm³/mol. The summed E-state index contributed by atoms with van der Waals surface area (Å²) in [7, 11) is 0. The van der Waals surface area contributed by atoms with Crippen molar-refractivity contribution in [3.05, 3.63) is 42.1 Å². The van der Waals surface area contributed by atoms with Crippen molar-refractivity contribution in [2.24, 2.45) is 5.41 Å². The summed E-state index contributed by atoms with van der Waals surface area (Å²) in [5, 5.41) is 13.6. The van der Waals surface area contributed by atoms with E-state index in [0.29, 0.717) is 13.0 Å². The Hall–Kier alpha value is -1.94. The Labute approximate surface area is 131 Å². The van der Waals surface area contributed by atoms with Crippen LogP contribution in [-0.2, 0) is 11.3 Å². The largest absolute Gasteiger partial charge is 0.480 e. The van der Waals surface area contributed by atoms with E-state index in [4.69, 9.17) is 0 Å². The molecule has 1 aromatic heterocycles. The lowest BCUT2D eigenvalue weighted by atomic mass is 9.88. The number of nitrogens with one attached hydrogen (secondary N) is 1. The molecule has 0 aliphatic heterocycles. The predicted octanol–water partition coefficient (Wildman–Crippen LogP) is 3.60. The quantitative estimate of drug-likeness (QED) is 0.855. The average Bonchev–Trinajstić information content (AvgIpc) is 2.45. The molecule has 4 heteroatoms. The van der Waals surface area contributed by atoms with E-state index < -0.39 is 12.0 Å². The fraction of sp³-hybridized carbons (Fsp3) is 0.444. The Bertz CT molecular complexity index is 642. The molecule has 118 valence electrons. The average molecular weight is 300 g/mol. The van der Waals surface area contributed by atoms with E-state index in [1.807, 2.05) is 30.3 Å². The fourth-order valence-corrected chi connectivity index (χ4v) is 2.44. The van der Waals surface area contributed by atoms with Crippen molar-refractivity contribution in [3.8, 4) is 0 Å². The van der Waals surface area contributed by atoms with Gasteiger partial charge >= 0.3 is 5.97 Å². The van der Waals surface area contributed by atoms with Crippen molar-refractivity contribution in [2.75, 3.05) is 0 Å². The topological polar surface area (TPSA) is 62.2 Å². The van der Waals surface area contributed by atoms with Crippen molar-refractivity contribution in [3.63, 3.8) is 0 Å². The third-order valence-corrected chi connectivity index (χ3v) is 3.76. The third-order valence-electron chi connectivity index (χ3n) is 3.76. The summed E-state index contributed by atoms with van der Waals surface area (Å²) in [5.74, 6) is -0.789. The molecule has 4 nitrogen and oxygen atoms in total. The van der Waals surface area contributed by atoms with Crippen molar-refractivity contribution < 1.29 is 9.90 Å². The van der Waals surface area contributed by atoms with Gasteiger partial charge < -0.3 is 10.4 Å². The number of aliphatic carboxylic acids is 1. The monoisotopic (exact) mass is 300 g/mol. The Morgan fingerprint density at radius 1 is 1.27 bits per heavy atom. The van der Waals surface area contributed by atoms with Crippen LogP contribution in [0, 0.1) is 5.41 Å². The number of aromatic nitrogens is 1. The summed E-state index contributed by atoms with van der Waals surface area (Å²) in [4.78, 5) is 15.8. The van der Waals surface area contributed by atoms with Crippen LogP contribution in [0.3, 0.4) is 0 Å². The lowest BCUT2D eigenvalue weighted by Gasteiger charge is -2.22. The number of carboxylic acids is 1. The van der Waals surface area contributed by atoms with Crippen molar-refractivity contribution in [2.45, 2.75) is 46.2 Å². The first-order chi connectivity index (χ1) is 10.4. The molecule has 2 rings (SSSR count). The van der Waals surface area contributed by atoms with Gasteiger partial charge in [-0.2, -0.15) is 0 Å². The van der Waals surface area contributed by atoms with Gasteiger partial charge in [0.25, 0.3) is 0 Å². The lowest BCUT2D eigenvalue weighted by molar-refractivity contribution is -0.139. The van der Waals surface area contributed by atoms with Crippen LogP contribution in [0.25, 0.3) is 10.9 Å². The van der Waals surface area contributed by atoms with E-state index in [1.165, 1.54) is 0 Å². The minimum Gasteiger partial charge on any atom is -0.480 e. The normalized spacial score (nSPS) is 13.2. The molecule has 0 saturated carbocycles. The summed E-state index contributed by atoms with van der Waals surface area (Å²) >= 11 is 0. The molecule has 0 aliphatic carbocycles. The van der Waals surface area contributed by atoms with E-state index in [9.17, 15) is 9.90 Å². The number of hydrogen-bond acceptors (Lipinski definition) is 3. The molecule has 2 aromatic rings. The zero-order chi connectivity index (χ0) is 16.2. The number of carboxylic acid groups (broad SMARTS) is 1. The molecule has 0 amide bonds. The molecule has 2 N–H and O–H groups in total. The molecule has 0 radical (unpaired) electrons. The van der Waals surface area contributed by atoms with Crippen LogP contribution in [0.15, 0.2) is 36.5 Å². The van der Waals surface area contributed by atoms with Crippen LogP contribution in [0.2, 0.25) is 0 Å². The maximum Gasteiger partial charge on any atom is 0.320 e. The highest BCUT2D eigenvalue weighted by atomic mass is 16.4. The fourth-order valence-electron chi connectivity index (χ4n) is 2.44. The summed E-state index contributed by atoms with van der Waals surface area (Å²) in [6.45, 7) is 6.91. The van der Waals surface area contributed by atoms with E-state index in [-0.39, 0.29) is 5.41 Å². The molecule has 0 spiro atoms. The third kappa shape index (κ3) is 4.53. The first-order valence-corrected chi connectivity index (χ1v) is 7.66. The first-order valence-electron chi connectivity index (χ1n) is 7.66. The van der Waals surface area contributed by atoms with Crippen LogP contribution in [0.1, 0.15) is 39.2 Å². The summed E-state index contributed by atoms with van der Waals surface area (Å²) in [5.41, 5.74) is 2.15. The minimum absolute atomic E-state index is 0.138. The molecule has 1 heterocycles. The molecule has 0 aliphatic rings. The number of fused-ring (bicyclic) bond motifs is 1. The standard InChI is InChI=1S/C18H24N2O2/c1-18(2,3)10-9-16(17(21)22)20-12-13-6-4-8-15-14(13)7-5-11-19-15/h4-8,11,16,20H,9-10,12H2,1-3H3,(H,21,22)/t16-/m0/s1. The first kappa shape index (κ1) is 16.4. The zero-order valence-corrected chi connectivity index (χ0v) is 13.5. The maximum absolute atomic E-state index is 11.4. The van der Waals surface area contributed by atoms with E-state index in [1.54, 1.807) is 6.20 Å². The van der Waals surface area contributed by atoms with Crippen LogP contribution >= 0.6 is 0 Å². The number of hydrogen-bond donors (Lipinski definition) is 2. The number of carbonyl (C=O) groups is 1. The van der Waals surface area contributed by atoms with Gasteiger partial charge in [-0.15, -0.1) is 0 Å². The maximum atomic E-state index is 11.4. The summed E-state index contributed by atoms with van der Waals surface area (Å²) < 4.78 is 0. The number of nitrogens with zero attached hydrogens (tertiary/aromatic N) is 1. The van der Waals surface area contributed by atoms with Gasteiger partial charge in [0.15, 0.2) is 0 Å². The van der Waals surface area contributed by atoms with Crippen LogP contribution in [0.4, 0.5) is 0 Å². The number of pyridine rings is 1. The molecule has 1 aromatic carbocycles. The second-order valence-corrected chi connectivity index (χ2v) is 6.86. The highest BCUT2D eigenvalue weighted by Gasteiger charge is 2.20. The van der Waals surface area contributed by atoms with Crippen LogP contribution < -0.4 is 5.32 Å². The van der Waals surface area contributed by atoms with Crippen LogP contribution in [0.5, 0.6) is 0 Å². The summed E-state index contributed by atoms with van der Waals surface area (Å²) in [6, 6.07) is 9.33. The van der Waals surface area contributed by atoms with Gasteiger partial charge in [0, 0.05) is 18.1 Å². The van der Waals surface area contributed by atoms with Gasteiger partial charge in [-0.3, -0.25) is 9.78 Å².